The number of ether oxygens (including phenoxy) is 2. The Morgan fingerprint density at radius 3 is 2.63 bits per heavy atom. The summed E-state index contributed by atoms with van der Waals surface area (Å²) in [6.07, 6.45) is 1.48. The van der Waals surface area contributed by atoms with Crippen molar-refractivity contribution in [3.8, 4) is 22.8 Å². The summed E-state index contributed by atoms with van der Waals surface area (Å²) in [4.78, 5) is 19.0. The van der Waals surface area contributed by atoms with E-state index in [0.29, 0.717) is 17.2 Å². The number of rotatable bonds is 4. The van der Waals surface area contributed by atoms with Crippen LogP contribution in [0.2, 0.25) is 0 Å². The van der Waals surface area contributed by atoms with Crippen LogP contribution >= 0.6 is 0 Å². The largest absolute Gasteiger partial charge is 0.497 e. The second-order valence-electron chi connectivity index (χ2n) is 3.70. The van der Waals surface area contributed by atoms with E-state index in [1.54, 1.807) is 38.5 Å². The second-order valence-corrected chi connectivity index (χ2v) is 3.70. The summed E-state index contributed by atoms with van der Waals surface area (Å²) in [6, 6.07) is 6.99. The molecule has 0 saturated heterocycles. The van der Waals surface area contributed by atoms with Crippen molar-refractivity contribution < 1.29 is 14.3 Å². The third kappa shape index (κ3) is 2.62. The van der Waals surface area contributed by atoms with Gasteiger partial charge in [-0.25, -0.2) is 9.97 Å². The van der Waals surface area contributed by atoms with Gasteiger partial charge in [-0.05, 0) is 18.2 Å². The molecule has 6 nitrogen and oxygen atoms in total. The predicted octanol–water partition coefficient (Wildman–Crippen LogP) is 1.26. The average molecular weight is 259 g/mol. The van der Waals surface area contributed by atoms with Gasteiger partial charge in [0.05, 0.1) is 19.9 Å². The molecule has 0 aliphatic rings. The minimum atomic E-state index is -0.672. The van der Waals surface area contributed by atoms with E-state index in [-0.39, 0.29) is 5.82 Å². The summed E-state index contributed by atoms with van der Waals surface area (Å²) >= 11 is 0. The van der Waals surface area contributed by atoms with Crippen molar-refractivity contribution in [3.63, 3.8) is 0 Å². The van der Waals surface area contributed by atoms with E-state index in [1.165, 1.54) is 6.20 Å². The summed E-state index contributed by atoms with van der Waals surface area (Å²) in [6.45, 7) is 0. The third-order valence-electron chi connectivity index (χ3n) is 2.56. The maximum Gasteiger partial charge on any atom is 0.286 e. The first-order valence-corrected chi connectivity index (χ1v) is 5.51. The van der Waals surface area contributed by atoms with Gasteiger partial charge in [-0.3, -0.25) is 4.79 Å². The van der Waals surface area contributed by atoms with E-state index >= 15 is 0 Å². The van der Waals surface area contributed by atoms with E-state index in [2.05, 4.69) is 9.97 Å². The van der Waals surface area contributed by atoms with Crippen molar-refractivity contribution in [1.29, 1.82) is 0 Å². The standard InChI is InChI=1S/C13H13N3O3/c1-18-8-3-4-9(11(7-8)19-2)10-5-6-15-13(16-10)12(14)17/h3-7H,1-2H3,(H2,14,17). The van der Waals surface area contributed by atoms with Crippen LogP contribution in [0.3, 0.4) is 0 Å². The molecule has 0 aliphatic carbocycles. The van der Waals surface area contributed by atoms with E-state index in [0.717, 1.165) is 5.56 Å². The highest BCUT2D eigenvalue weighted by atomic mass is 16.5. The molecule has 1 heterocycles. The smallest absolute Gasteiger partial charge is 0.286 e. The maximum absolute atomic E-state index is 11.1. The summed E-state index contributed by atoms with van der Waals surface area (Å²) < 4.78 is 10.4. The molecule has 0 fully saturated rings. The minimum absolute atomic E-state index is 0.0321. The van der Waals surface area contributed by atoms with Crippen molar-refractivity contribution in [2.75, 3.05) is 14.2 Å². The van der Waals surface area contributed by atoms with Gasteiger partial charge in [0.2, 0.25) is 5.82 Å². The zero-order valence-electron chi connectivity index (χ0n) is 10.6. The Balaban J connectivity index is 2.52. The third-order valence-corrected chi connectivity index (χ3v) is 2.56. The Hall–Kier alpha value is -2.63. The van der Waals surface area contributed by atoms with Crippen molar-refractivity contribution in [3.05, 3.63) is 36.3 Å². The van der Waals surface area contributed by atoms with Crippen molar-refractivity contribution in [1.82, 2.24) is 9.97 Å². The Labute approximate surface area is 110 Å². The quantitative estimate of drug-likeness (QED) is 0.893. The number of nitrogens with zero attached hydrogens (tertiary/aromatic N) is 2. The molecule has 98 valence electrons. The van der Waals surface area contributed by atoms with Gasteiger partial charge in [0.25, 0.3) is 5.91 Å². The minimum Gasteiger partial charge on any atom is -0.497 e. The Bertz CT molecular complexity index is 614. The fourth-order valence-electron chi connectivity index (χ4n) is 1.64. The van der Waals surface area contributed by atoms with Crippen LogP contribution in [0, 0.1) is 0 Å². The number of carbonyl (C=O) groups is 1. The molecule has 0 aliphatic heterocycles. The molecule has 19 heavy (non-hydrogen) atoms. The molecule has 1 aromatic heterocycles. The lowest BCUT2D eigenvalue weighted by Crippen LogP contribution is -2.15. The first-order valence-electron chi connectivity index (χ1n) is 5.51. The summed E-state index contributed by atoms with van der Waals surface area (Å²) in [5.74, 6) is 0.558. The number of nitrogens with two attached hydrogens (primary N) is 1. The predicted molar refractivity (Wildman–Crippen MR) is 69.1 cm³/mol. The van der Waals surface area contributed by atoms with E-state index in [9.17, 15) is 4.79 Å². The van der Waals surface area contributed by atoms with Gasteiger partial charge in [-0.15, -0.1) is 0 Å². The van der Waals surface area contributed by atoms with Gasteiger partial charge in [0.1, 0.15) is 11.5 Å². The van der Waals surface area contributed by atoms with Crippen molar-refractivity contribution >= 4 is 5.91 Å². The van der Waals surface area contributed by atoms with Crippen LogP contribution in [0.25, 0.3) is 11.3 Å². The van der Waals surface area contributed by atoms with Crippen molar-refractivity contribution in [2.45, 2.75) is 0 Å². The SMILES string of the molecule is COc1ccc(-c2ccnc(C(N)=O)n2)c(OC)c1. The Kier molecular flexibility index (Phi) is 3.61. The number of carbonyl (C=O) groups excluding carboxylic acids is 1. The molecular formula is C13H13N3O3. The zero-order valence-corrected chi connectivity index (χ0v) is 10.6. The maximum atomic E-state index is 11.1. The van der Waals surface area contributed by atoms with Crippen molar-refractivity contribution in [2.24, 2.45) is 5.73 Å². The van der Waals surface area contributed by atoms with Crippen LogP contribution in [0.15, 0.2) is 30.5 Å². The first-order chi connectivity index (χ1) is 9.15. The summed E-state index contributed by atoms with van der Waals surface area (Å²) in [5, 5.41) is 0. The molecule has 0 radical (unpaired) electrons. The molecule has 0 atom stereocenters. The van der Waals surface area contributed by atoms with Crippen LogP contribution in [-0.2, 0) is 0 Å². The molecule has 0 saturated carbocycles. The zero-order chi connectivity index (χ0) is 13.8. The molecule has 0 unspecified atom stereocenters. The van der Waals surface area contributed by atoms with Gasteiger partial charge in [0, 0.05) is 17.8 Å². The molecule has 6 heteroatoms. The number of aromatic nitrogens is 2. The number of amides is 1. The molecule has 2 rings (SSSR count). The van der Waals surface area contributed by atoms with Gasteiger partial charge in [0.15, 0.2) is 0 Å². The van der Waals surface area contributed by atoms with E-state index in [4.69, 9.17) is 15.2 Å². The molecule has 0 spiro atoms. The highest BCUT2D eigenvalue weighted by molar-refractivity contribution is 5.89. The summed E-state index contributed by atoms with van der Waals surface area (Å²) in [5.41, 5.74) is 6.45. The van der Waals surface area contributed by atoms with Gasteiger partial charge >= 0.3 is 0 Å². The molecule has 2 aromatic rings. The molecular weight excluding hydrogens is 246 g/mol. The van der Waals surface area contributed by atoms with E-state index < -0.39 is 5.91 Å². The monoisotopic (exact) mass is 259 g/mol. The number of methoxy groups -OCH3 is 2. The Morgan fingerprint density at radius 2 is 2.00 bits per heavy atom. The fourth-order valence-corrected chi connectivity index (χ4v) is 1.64. The molecule has 1 aromatic carbocycles. The first kappa shape index (κ1) is 12.8. The van der Waals surface area contributed by atoms with Crippen LogP contribution in [0.1, 0.15) is 10.6 Å². The lowest BCUT2D eigenvalue weighted by molar-refractivity contribution is 0.0990. The Morgan fingerprint density at radius 1 is 1.21 bits per heavy atom. The average Bonchev–Trinajstić information content (AvgIpc) is 2.46. The van der Waals surface area contributed by atoms with Crippen LogP contribution in [0.4, 0.5) is 0 Å². The highest BCUT2D eigenvalue weighted by Gasteiger charge is 2.11. The number of hydrogen-bond donors (Lipinski definition) is 1. The topological polar surface area (TPSA) is 87.3 Å². The lowest BCUT2D eigenvalue weighted by atomic mass is 10.1. The summed E-state index contributed by atoms with van der Waals surface area (Å²) in [7, 11) is 3.12. The fraction of sp³-hybridized carbons (Fsp3) is 0.154. The van der Waals surface area contributed by atoms with Crippen LogP contribution in [-0.4, -0.2) is 30.1 Å². The molecule has 0 bridgehead atoms. The van der Waals surface area contributed by atoms with E-state index in [1.807, 2.05) is 0 Å². The molecule has 1 amide bonds. The van der Waals surface area contributed by atoms with Crippen LogP contribution < -0.4 is 15.2 Å². The number of primary amides is 1. The normalized spacial score (nSPS) is 10.0. The van der Waals surface area contributed by atoms with Crippen LogP contribution in [0.5, 0.6) is 11.5 Å². The van der Waals surface area contributed by atoms with Gasteiger partial charge in [-0.1, -0.05) is 0 Å². The number of benzene rings is 1. The highest BCUT2D eigenvalue weighted by Crippen LogP contribution is 2.31. The van der Waals surface area contributed by atoms with Gasteiger partial charge in [-0.2, -0.15) is 0 Å². The second kappa shape index (κ2) is 5.34. The lowest BCUT2D eigenvalue weighted by Gasteiger charge is -2.10. The number of hydrogen-bond acceptors (Lipinski definition) is 5. The van der Waals surface area contributed by atoms with Gasteiger partial charge < -0.3 is 15.2 Å². The molecule has 2 N–H and O–H groups in total.